The molecule has 0 aromatic heterocycles. The van der Waals surface area contributed by atoms with E-state index in [2.05, 4.69) is 11.9 Å². The molecule has 12 heteroatoms. The summed E-state index contributed by atoms with van der Waals surface area (Å²) in [6, 6.07) is -0.829. The molecule has 2 unspecified atom stereocenters. The molecule has 1 heterocycles. The molecule has 0 spiro atoms. The van der Waals surface area contributed by atoms with Crippen LogP contribution in [0.3, 0.4) is 0 Å². The van der Waals surface area contributed by atoms with Gasteiger partial charge in [0, 0.05) is 25.6 Å². The van der Waals surface area contributed by atoms with E-state index in [4.69, 9.17) is 19.9 Å². The van der Waals surface area contributed by atoms with E-state index in [1.807, 2.05) is 13.8 Å². The van der Waals surface area contributed by atoms with Crippen LogP contribution in [0.4, 0.5) is 4.79 Å². The first-order chi connectivity index (χ1) is 18.9. The largest absolute Gasteiger partial charge is 0.486 e. The number of aliphatic hydroxyl groups excluding tert-OH is 1. The van der Waals surface area contributed by atoms with Crippen LogP contribution in [0.1, 0.15) is 59.3 Å². The van der Waals surface area contributed by atoms with Crippen molar-refractivity contribution in [1.29, 1.82) is 0 Å². The molecular weight excluding hydrogens is 538 g/mol. The monoisotopic (exact) mass is 585 g/mol. The molecule has 1 saturated heterocycles. The van der Waals surface area contributed by atoms with Gasteiger partial charge in [0.2, 0.25) is 10.0 Å². The Kier molecular flexibility index (Phi) is 14.3. The van der Waals surface area contributed by atoms with Gasteiger partial charge in [-0.25, -0.2) is 13.2 Å². The van der Waals surface area contributed by atoms with Crippen LogP contribution in [0.25, 0.3) is 0 Å². The molecule has 2 fully saturated rings. The minimum atomic E-state index is -3.70. The predicted octanol–water partition coefficient (Wildman–Crippen LogP) is 2.41. The lowest BCUT2D eigenvalue weighted by atomic mass is 9.96. The molecule has 40 heavy (non-hydrogen) atoms. The Morgan fingerprint density at radius 2 is 1.90 bits per heavy atom. The molecule has 0 aromatic rings. The van der Waals surface area contributed by atoms with Gasteiger partial charge in [0.25, 0.3) is 0 Å². The quantitative estimate of drug-likeness (QED) is 0.183. The van der Waals surface area contributed by atoms with Gasteiger partial charge in [0.1, 0.15) is 18.5 Å². The number of carbonyl (C=O) groups excluding carboxylic acids is 2. The Hall–Kier alpha value is -2.25. The number of nitrogens with two attached hydrogens (primary N) is 1. The number of nitrogens with one attached hydrogen (secondary N) is 1. The number of nitrogens with zero attached hydrogens (tertiary/aromatic N) is 1. The number of hydrogen-bond donors (Lipinski definition) is 3. The highest BCUT2D eigenvalue weighted by molar-refractivity contribution is 7.89. The highest BCUT2D eigenvalue weighted by atomic mass is 32.2. The summed E-state index contributed by atoms with van der Waals surface area (Å²) < 4.78 is 44.6. The van der Waals surface area contributed by atoms with Crippen molar-refractivity contribution >= 4 is 21.9 Å². The highest BCUT2D eigenvalue weighted by Gasteiger charge is 2.37. The van der Waals surface area contributed by atoms with E-state index in [1.54, 1.807) is 18.2 Å². The van der Waals surface area contributed by atoms with Crippen molar-refractivity contribution in [3.8, 4) is 0 Å². The SMILES string of the molecule is C=C/C(=C\C=C\CC(NC(=O)O[C@H]1CCOC1)C(O)CN(CC(C)C)S(=O)(=O)C1CCC(N)CC1)OCC(C)=O. The standard InChI is InChI=1S/C28H47N3O8S/c1-5-23(38-18-21(4)32)8-6-7-9-26(30-28(34)39-24-14-15-37-19-24)27(33)17-31(16-20(2)3)40(35,36)25-12-10-22(29)11-13-25/h5-8,20,22,24-27,33H,1,9-19,29H2,2-4H3,(H,30,34)/b7-6+,23-8+/t22?,24-,25?,26?,27?/m0/s1. The van der Waals surface area contributed by atoms with E-state index < -0.39 is 33.5 Å². The second kappa shape index (κ2) is 16.9. The smallest absolute Gasteiger partial charge is 0.407 e. The third kappa shape index (κ3) is 11.7. The van der Waals surface area contributed by atoms with E-state index >= 15 is 0 Å². The fraction of sp³-hybridized carbons (Fsp3) is 0.714. The lowest BCUT2D eigenvalue weighted by molar-refractivity contribution is -0.120. The molecule has 2 aliphatic rings. The molecule has 2 rings (SSSR count). The summed E-state index contributed by atoms with van der Waals surface area (Å²) in [4.78, 5) is 23.8. The van der Waals surface area contributed by atoms with Crippen molar-refractivity contribution in [1.82, 2.24) is 9.62 Å². The lowest BCUT2D eigenvalue weighted by Gasteiger charge is -2.34. The van der Waals surface area contributed by atoms with Crippen molar-refractivity contribution in [3.63, 3.8) is 0 Å². The number of aliphatic hydroxyl groups is 1. The van der Waals surface area contributed by atoms with Gasteiger partial charge in [-0.05, 0) is 57.1 Å². The van der Waals surface area contributed by atoms with Crippen LogP contribution < -0.4 is 11.1 Å². The molecular formula is C28H47N3O8S. The van der Waals surface area contributed by atoms with Crippen molar-refractivity contribution in [3.05, 3.63) is 36.6 Å². The van der Waals surface area contributed by atoms with Crippen LogP contribution in [0.15, 0.2) is 36.6 Å². The topological polar surface area (TPSA) is 157 Å². The van der Waals surface area contributed by atoms with Crippen LogP contribution in [0, 0.1) is 5.92 Å². The molecule has 1 aliphatic heterocycles. The van der Waals surface area contributed by atoms with Crippen LogP contribution in [-0.2, 0) is 29.0 Å². The summed E-state index contributed by atoms with van der Waals surface area (Å²) in [6.07, 6.45) is 7.15. The van der Waals surface area contributed by atoms with Crippen LogP contribution in [-0.4, -0.2) is 92.2 Å². The average Bonchev–Trinajstić information content (AvgIpc) is 3.39. The normalized spacial score (nSPS) is 23.8. The second-order valence-electron chi connectivity index (χ2n) is 10.9. The number of allylic oxidation sites excluding steroid dienone is 3. The molecule has 0 bridgehead atoms. The van der Waals surface area contributed by atoms with Gasteiger partial charge in [-0.3, -0.25) is 4.79 Å². The Labute approximate surface area is 238 Å². The summed E-state index contributed by atoms with van der Waals surface area (Å²) in [6.45, 7) is 9.71. The van der Waals surface area contributed by atoms with Crippen LogP contribution in [0.5, 0.6) is 0 Å². The van der Waals surface area contributed by atoms with Crippen LogP contribution in [0.2, 0.25) is 0 Å². The van der Waals surface area contributed by atoms with Crippen molar-refractivity contribution < 1.29 is 37.3 Å². The molecule has 0 radical (unpaired) electrons. The van der Waals surface area contributed by atoms with E-state index in [0.29, 0.717) is 51.1 Å². The van der Waals surface area contributed by atoms with E-state index in [9.17, 15) is 23.1 Å². The number of ether oxygens (including phenoxy) is 3. The third-order valence-electron chi connectivity index (χ3n) is 6.82. The Morgan fingerprint density at radius 1 is 1.20 bits per heavy atom. The number of ketones is 1. The fourth-order valence-electron chi connectivity index (χ4n) is 4.63. The minimum absolute atomic E-state index is 0.00996. The summed E-state index contributed by atoms with van der Waals surface area (Å²) in [5.41, 5.74) is 5.99. The molecule has 11 nitrogen and oxygen atoms in total. The van der Waals surface area contributed by atoms with Crippen molar-refractivity contribution in [2.75, 3.05) is 32.9 Å². The molecule has 1 saturated carbocycles. The number of rotatable bonds is 16. The Morgan fingerprint density at radius 3 is 2.48 bits per heavy atom. The molecule has 0 aromatic carbocycles. The van der Waals surface area contributed by atoms with Crippen LogP contribution >= 0.6 is 0 Å². The molecule has 4 N–H and O–H groups in total. The van der Waals surface area contributed by atoms with Gasteiger partial charge in [-0.1, -0.05) is 32.6 Å². The molecule has 1 aliphatic carbocycles. The minimum Gasteiger partial charge on any atom is -0.486 e. The Bertz CT molecular complexity index is 984. The number of Topliss-reactive ketones (excluding diaryl/α,β-unsaturated/α-hetero) is 1. The fourth-order valence-corrected chi connectivity index (χ4v) is 6.78. The van der Waals surface area contributed by atoms with Gasteiger partial charge in [0.15, 0.2) is 5.78 Å². The number of amides is 1. The zero-order valence-corrected chi connectivity index (χ0v) is 24.8. The van der Waals surface area contributed by atoms with Gasteiger partial charge in [0.05, 0.1) is 30.6 Å². The second-order valence-corrected chi connectivity index (χ2v) is 13.1. The number of hydrogen-bond acceptors (Lipinski definition) is 9. The number of sulfonamides is 1. The number of carbonyl (C=O) groups is 2. The summed E-state index contributed by atoms with van der Waals surface area (Å²) in [5, 5.41) is 13.4. The zero-order chi connectivity index (χ0) is 29.7. The average molecular weight is 586 g/mol. The predicted molar refractivity (Wildman–Crippen MR) is 153 cm³/mol. The summed E-state index contributed by atoms with van der Waals surface area (Å²) in [5.74, 6) is 0.287. The van der Waals surface area contributed by atoms with E-state index in [0.717, 1.165) is 0 Å². The van der Waals surface area contributed by atoms with Gasteiger partial charge < -0.3 is 30.4 Å². The summed E-state index contributed by atoms with van der Waals surface area (Å²) >= 11 is 0. The first-order valence-corrected chi connectivity index (χ1v) is 15.5. The first-order valence-electron chi connectivity index (χ1n) is 14.0. The molecule has 1 amide bonds. The van der Waals surface area contributed by atoms with Gasteiger partial charge >= 0.3 is 6.09 Å². The van der Waals surface area contributed by atoms with Crippen molar-refractivity contribution in [2.45, 2.75) is 88.8 Å². The maximum Gasteiger partial charge on any atom is 0.407 e. The summed E-state index contributed by atoms with van der Waals surface area (Å²) in [7, 11) is -3.70. The highest BCUT2D eigenvalue weighted by Crippen LogP contribution is 2.27. The van der Waals surface area contributed by atoms with Gasteiger partial charge in [-0.2, -0.15) is 4.31 Å². The Balaban J connectivity index is 2.17. The van der Waals surface area contributed by atoms with Gasteiger partial charge in [-0.15, -0.1) is 0 Å². The van der Waals surface area contributed by atoms with Crippen molar-refractivity contribution in [2.24, 2.45) is 11.7 Å². The zero-order valence-electron chi connectivity index (χ0n) is 24.0. The number of alkyl carbamates (subject to hydrolysis) is 1. The molecule has 3 atom stereocenters. The van der Waals surface area contributed by atoms with E-state index in [-0.39, 0.29) is 50.0 Å². The maximum absolute atomic E-state index is 13.6. The first kappa shape index (κ1) is 34.0. The lowest BCUT2D eigenvalue weighted by Crippen LogP contribution is -2.52. The maximum atomic E-state index is 13.6. The molecule has 228 valence electrons. The third-order valence-corrected chi connectivity index (χ3v) is 9.15. The van der Waals surface area contributed by atoms with E-state index in [1.165, 1.54) is 17.3 Å².